The van der Waals surface area contributed by atoms with Crippen LogP contribution < -0.4 is 5.32 Å². The molecule has 108 valence electrons. The molecule has 0 radical (unpaired) electrons. The number of rotatable bonds is 7. The lowest BCUT2D eigenvalue weighted by Crippen LogP contribution is -2.26. The highest BCUT2D eigenvalue weighted by atomic mass is 16.5. The topological polar surface area (TPSA) is 39.1 Å². The first kappa shape index (κ1) is 14.5. The molecule has 0 aromatic carbocycles. The van der Waals surface area contributed by atoms with Crippen LogP contribution in [0, 0.1) is 5.92 Å². The zero-order valence-corrected chi connectivity index (χ0v) is 12.4. The van der Waals surface area contributed by atoms with Crippen molar-refractivity contribution in [2.75, 3.05) is 13.2 Å². The van der Waals surface area contributed by atoms with Crippen molar-refractivity contribution in [3.05, 3.63) is 18.0 Å². The minimum absolute atomic E-state index is 0.398. The molecular formula is C15H27N3O. The molecule has 2 heterocycles. The van der Waals surface area contributed by atoms with Gasteiger partial charge in [0.1, 0.15) is 0 Å². The summed E-state index contributed by atoms with van der Waals surface area (Å²) in [5.41, 5.74) is 1.14. The van der Waals surface area contributed by atoms with Crippen LogP contribution in [0.3, 0.4) is 0 Å². The third kappa shape index (κ3) is 3.80. The van der Waals surface area contributed by atoms with Crippen LogP contribution in [-0.2, 0) is 11.3 Å². The van der Waals surface area contributed by atoms with Gasteiger partial charge in [-0.3, -0.25) is 4.68 Å². The molecule has 1 aromatic rings. The average Bonchev–Trinajstić information content (AvgIpc) is 3.02. The maximum absolute atomic E-state index is 5.57. The fourth-order valence-corrected chi connectivity index (χ4v) is 2.77. The maximum Gasteiger partial charge on any atom is 0.0762 e. The Hall–Kier alpha value is -0.870. The zero-order valence-electron chi connectivity index (χ0n) is 12.4. The molecule has 1 fully saturated rings. The minimum Gasteiger partial charge on any atom is -0.378 e. The van der Waals surface area contributed by atoms with E-state index in [0.29, 0.717) is 18.1 Å². The van der Waals surface area contributed by atoms with Gasteiger partial charge in [-0.25, -0.2) is 0 Å². The normalized spacial score (nSPS) is 23.4. The standard InChI is InChI=1S/C15H27N3O/c1-4-15(5-2)18-8-6-14(17-18)11-16-10-13-7-9-19-12(13)3/h6,8,12-13,15-16H,4-5,7,9-11H2,1-3H3. The van der Waals surface area contributed by atoms with E-state index in [2.05, 4.69) is 48.1 Å². The number of hydrogen-bond acceptors (Lipinski definition) is 3. The van der Waals surface area contributed by atoms with E-state index in [9.17, 15) is 0 Å². The van der Waals surface area contributed by atoms with Gasteiger partial charge in [-0.1, -0.05) is 13.8 Å². The first-order chi connectivity index (χ1) is 9.24. The van der Waals surface area contributed by atoms with Crippen LogP contribution >= 0.6 is 0 Å². The summed E-state index contributed by atoms with van der Waals surface area (Å²) < 4.78 is 7.68. The van der Waals surface area contributed by atoms with E-state index in [1.807, 2.05) is 0 Å². The fourth-order valence-electron chi connectivity index (χ4n) is 2.77. The lowest BCUT2D eigenvalue weighted by molar-refractivity contribution is 0.105. The van der Waals surface area contributed by atoms with E-state index in [-0.39, 0.29) is 0 Å². The van der Waals surface area contributed by atoms with Crippen LogP contribution in [0.5, 0.6) is 0 Å². The van der Waals surface area contributed by atoms with E-state index >= 15 is 0 Å². The molecule has 2 rings (SSSR count). The predicted molar refractivity (Wildman–Crippen MR) is 77.1 cm³/mol. The summed E-state index contributed by atoms with van der Waals surface area (Å²) in [4.78, 5) is 0. The van der Waals surface area contributed by atoms with Gasteiger partial charge in [0.15, 0.2) is 0 Å². The van der Waals surface area contributed by atoms with Crippen molar-refractivity contribution in [1.29, 1.82) is 0 Å². The SMILES string of the molecule is CCC(CC)n1ccc(CNCC2CCOC2C)n1. The first-order valence-electron chi connectivity index (χ1n) is 7.60. The number of nitrogens with one attached hydrogen (secondary N) is 1. The number of ether oxygens (including phenoxy) is 1. The molecule has 1 aliphatic rings. The Labute approximate surface area is 116 Å². The molecule has 2 unspecified atom stereocenters. The van der Waals surface area contributed by atoms with E-state index in [0.717, 1.165) is 38.2 Å². The quantitative estimate of drug-likeness (QED) is 0.824. The molecule has 0 amide bonds. The molecule has 1 N–H and O–H groups in total. The summed E-state index contributed by atoms with van der Waals surface area (Å²) in [6.45, 7) is 9.40. The molecule has 19 heavy (non-hydrogen) atoms. The Balaban J connectivity index is 1.77. The largest absolute Gasteiger partial charge is 0.378 e. The number of hydrogen-bond donors (Lipinski definition) is 1. The number of nitrogens with zero attached hydrogens (tertiary/aromatic N) is 2. The summed E-state index contributed by atoms with van der Waals surface area (Å²) in [5.74, 6) is 0.654. The summed E-state index contributed by atoms with van der Waals surface area (Å²) >= 11 is 0. The Kier molecular flexibility index (Phi) is 5.40. The molecule has 0 aliphatic carbocycles. The van der Waals surface area contributed by atoms with Crippen LogP contribution in [0.15, 0.2) is 12.3 Å². The van der Waals surface area contributed by atoms with Gasteiger partial charge in [0, 0.05) is 25.9 Å². The molecule has 2 atom stereocenters. The van der Waals surface area contributed by atoms with Gasteiger partial charge in [-0.05, 0) is 38.2 Å². The summed E-state index contributed by atoms with van der Waals surface area (Å²) in [6.07, 6.45) is 5.96. The van der Waals surface area contributed by atoms with Gasteiger partial charge in [-0.2, -0.15) is 5.10 Å². The molecule has 4 heteroatoms. The lowest BCUT2D eigenvalue weighted by atomic mass is 10.0. The molecule has 0 bridgehead atoms. The van der Waals surface area contributed by atoms with Gasteiger partial charge in [-0.15, -0.1) is 0 Å². The van der Waals surface area contributed by atoms with Crippen molar-refractivity contribution >= 4 is 0 Å². The van der Waals surface area contributed by atoms with Gasteiger partial charge in [0.05, 0.1) is 17.8 Å². The minimum atomic E-state index is 0.398. The van der Waals surface area contributed by atoms with Crippen molar-refractivity contribution in [2.45, 2.75) is 58.7 Å². The molecule has 1 aliphatic heterocycles. The second-order valence-electron chi connectivity index (χ2n) is 5.51. The Morgan fingerprint density at radius 3 is 2.89 bits per heavy atom. The van der Waals surface area contributed by atoms with Crippen molar-refractivity contribution in [3.63, 3.8) is 0 Å². The monoisotopic (exact) mass is 265 g/mol. The molecule has 0 saturated carbocycles. The van der Waals surface area contributed by atoms with Crippen LogP contribution in [0.25, 0.3) is 0 Å². The predicted octanol–water partition coefficient (Wildman–Crippen LogP) is 2.76. The molecule has 4 nitrogen and oxygen atoms in total. The van der Waals surface area contributed by atoms with E-state index in [4.69, 9.17) is 4.74 Å². The van der Waals surface area contributed by atoms with E-state index in [1.165, 1.54) is 6.42 Å². The third-order valence-corrected chi connectivity index (χ3v) is 4.23. The third-order valence-electron chi connectivity index (χ3n) is 4.23. The van der Waals surface area contributed by atoms with Crippen molar-refractivity contribution in [1.82, 2.24) is 15.1 Å². The van der Waals surface area contributed by atoms with Crippen LogP contribution in [0.4, 0.5) is 0 Å². The van der Waals surface area contributed by atoms with Crippen LogP contribution in [0.1, 0.15) is 51.8 Å². The van der Waals surface area contributed by atoms with Gasteiger partial charge in [0.2, 0.25) is 0 Å². The fraction of sp³-hybridized carbons (Fsp3) is 0.800. The first-order valence-corrected chi connectivity index (χ1v) is 7.60. The van der Waals surface area contributed by atoms with Crippen molar-refractivity contribution < 1.29 is 4.74 Å². The Morgan fingerprint density at radius 1 is 1.47 bits per heavy atom. The van der Waals surface area contributed by atoms with Crippen molar-refractivity contribution in [2.24, 2.45) is 5.92 Å². The van der Waals surface area contributed by atoms with E-state index in [1.54, 1.807) is 0 Å². The summed E-state index contributed by atoms with van der Waals surface area (Å²) in [6, 6.07) is 2.66. The highest BCUT2D eigenvalue weighted by molar-refractivity contribution is 4.99. The van der Waals surface area contributed by atoms with Gasteiger partial charge < -0.3 is 10.1 Å². The van der Waals surface area contributed by atoms with E-state index < -0.39 is 0 Å². The van der Waals surface area contributed by atoms with Crippen molar-refractivity contribution in [3.8, 4) is 0 Å². The Morgan fingerprint density at radius 2 is 2.26 bits per heavy atom. The highest BCUT2D eigenvalue weighted by Gasteiger charge is 2.23. The maximum atomic E-state index is 5.57. The average molecular weight is 265 g/mol. The molecule has 0 spiro atoms. The smallest absolute Gasteiger partial charge is 0.0762 e. The Bertz CT molecular complexity index is 373. The molecular weight excluding hydrogens is 238 g/mol. The van der Waals surface area contributed by atoms with Crippen LogP contribution in [-0.4, -0.2) is 29.0 Å². The second kappa shape index (κ2) is 7.06. The number of aromatic nitrogens is 2. The van der Waals surface area contributed by atoms with Gasteiger partial charge >= 0.3 is 0 Å². The van der Waals surface area contributed by atoms with Gasteiger partial charge in [0.25, 0.3) is 0 Å². The molecule has 1 saturated heterocycles. The zero-order chi connectivity index (χ0) is 13.7. The van der Waals surface area contributed by atoms with Crippen LogP contribution in [0.2, 0.25) is 0 Å². The summed E-state index contributed by atoms with van der Waals surface area (Å²) in [5, 5.41) is 8.16. The summed E-state index contributed by atoms with van der Waals surface area (Å²) in [7, 11) is 0. The highest BCUT2D eigenvalue weighted by Crippen LogP contribution is 2.19. The lowest BCUT2D eigenvalue weighted by Gasteiger charge is -2.14. The second-order valence-corrected chi connectivity index (χ2v) is 5.51. The molecule has 1 aromatic heterocycles.